The highest BCUT2D eigenvalue weighted by atomic mass is 19.3. The number of pyridine rings is 1. The van der Waals surface area contributed by atoms with Gasteiger partial charge in [0.2, 0.25) is 0 Å². The van der Waals surface area contributed by atoms with Gasteiger partial charge >= 0.3 is 0 Å². The number of benzene rings is 1. The maximum absolute atomic E-state index is 13.2. The summed E-state index contributed by atoms with van der Waals surface area (Å²) in [5, 5.41) is 2.23. The third-order valence-electron chi connectivity index (χ3n) is 5.01. The maximum atomic E-state index is 13.2. The van der Waals surface area contributed by atoms with Gasteiger partial charge in [0.25, 0.3) is 11.8 Å². The molecule has 2 heterocycles. The van der Waals surface area contributed by atoms with Gasteiger partial charge in [0.1, 0.15) is 0 Å². The number of alkyl halides is 2. The molecular formula is C21H26F2N4O. The van der Waals surface area contributed by atoms with E-state index >= 15 is 0 Å². The van der Waals surface area contributed by atoms with Crippen LogP contribution in [0.1, 0.15) is 39.7 Å². The zero-order chi connectivity index (χ0) is 20.1. The largest absolute Gasteiger partial charge is 0.346 e. The molecule has 7 heteroatoms. The fraction of sp³-hybridized carbons (Fsp3) is 0.429. The number of hydrogen-bond acceptors (Lipinski definition) is 4. The van der Waals surface area contributed by atoms with E-state index in [1.165, 1.54) is 16.8 Å². The summed E-state index contributed by atoms with van der Waals surface area (Å²) < 4.78 is 26.3. The fourth-order valence-electron chi connectivity index (χ4n) is 3.27. The Bertz CT molecular complexity index is 824. The summed E-state index contributed by atoms with van der Waals surface area (Å²) in [5.74, 6) is -3.61. The number of nitrogens with zero attached hydrogens (tertiary/aromatic N) is 2. The number of rotatable bonds is 7. The van der Waals surface area contributed by atoms with Gasteiger partial charge in [0.05, 0.1) is 13.1 Å². The molecule has 2 aromatic rings. The zero-order valence-corrected chi connectivity index (χ0v) is 16.0. The molecule has 0 radical (unpaired) electrons. The molecule has 3 N–H and O–H groups in total. The van der Waals surface area contributed by atoms with Crippen LogP contribution in [0.15, 0.2) is 36.5 Å². The van der Waals surface area contributed by atoms with E-state index < -0.39 is 24.9 Å². The average molecular weight is 388 g/mol. The van der Waals surface area contributed by atoms with Crippen molar-refractivity contribution in [3.8, 4) is 0 Å². The molecule has 1 aliphatic rings. The Hall–Kier alpha value is -2.38. The third-order valence-corrected chi connectivity index (χ3v) is 5.01. The van der Waals surface area contributed by atoms with Crippen molar-refractivity contribution in [1.82, 2.24) is 15.2 Å². The van der Waals surface area contributed by atoms with Gasteiger partial charge < -0.3 is 11.1 Å². The molecule has 0 saturated carbocycles. The lowest BCUT2D eigenvalue weighted by atomic mass is 10.0. The number of halogens is 2. The van der Waals surface area contributed by atoms with E-state index in [0.29, 0.717) is 5.56 Å². The first-order valence-electron chi connectivity index (χ1n) is 9.54. The first-order chi connectivity index (χ1) is 13.4. The number of carbonyl (C=O) groups excluding carboxylic acids is 1. The molecule has 1 aromatic carbocycles. The predicted octanol–water partition coefficient (Wildman–Crippen LogP) is 2.53. The van der Waals surface area contributed by atoms with E-state index in [1.54, 1.807) is 12.1 Å². The van der Waals surface area contributed by atoms with E-state index in [-0.39, 0.29) is 0 Å². The van der Waals surface area contributed by atoms with Crippen LogP contribution in [0.4, 0.5) is 8.78 Å². The Morgan fingerprint density at radius 2 is 2.04 bits per heavy atom. The van der Waals surface area contributed by atoms with Crippen molar-refractivity contribution in [3.05, 3.63) is 64.5 Å². The van der Waals surface area contributed by atoms with Gasteiger partial charge in [-0.05, 0) is 35.2 Å². The van der Waals surface area contributed by atoms with Crippen LogP contribution in [0, 0.1) is 0 Å². The first-order valence-corrected chi connectivity index (χ1v) is 9.54. The van der Waals surface area contributed by atoms with Gasteiger partial charge in [-0.3, -0.25) is 14.7 Å². The molecular weight excluding hydrogens is 362 g/mol. The maximum Gasteiger partial charge on any atom is 0.277 e. The fourth-order valence-corrected chi connectivity index (χ4v) is 3.27. The summed E-state index contributed by atoms with van der Waals surface area (Å²) >= 11 is 0. The van der Waals surface area contributed by atoms with E-state index in [4.69, 9.17) is 5.73 Å². The second kappa shape index (κ2) is 8.75. The molecule has 0 saturated heterocycles. The van der Waals surface area contributed by atoms with Gasteiger partial charge in [-0.1, -0.05) is 25.1 Å². The van der Waals surface area contributed by atoms with Gasteiger partial charge in [-0.2, -0.15) is 0 Å². The van der Waals surface area contributed by atoms with Gasteiger partial charge in [0, 0.05) is 43.5 Å². The van der Waals surface area contributed by atoms with Crippen molar-refractivity contribution in [2.45, 2.75) is 38.8 Å². The standard InChI is InChI=1S/C21H26F2N4O/c1-2-15-9-18-12-27(8-7-19(18)25-10-15)11-16-3-5-17(6-4-16)20(28)26-14-21(22,23)13-24/h3-6,9-10H,2,7-8,11-14,24H2,1H3,(H,26,28). The number of fused-ring (bicyclic) bond motifs is 1. The molecule has 0 aliphatic carbocycles. The van der Waals surface area contributed by atoms with E-state index in [2.05, 4.69) is 28.2 Å². The monoisotopic (exact) mass is 388 g/mol. The van der Waals surface area contributed by atoms with E-state index in [1.807, 2.05) is 18.3 Å². The topological polar surface area (TPSA) is 71.2 Å². The highest BCUT2D eigenvalue weighted by molar-refractivity contribution is 5.94. The second-order valence-corrected chi connectivity index (χ2v) is 7.20. The number of carbonyl (C=O) groups is 1. The predicted molar refractivity (Wildman–Crippen MR) is 104 cm³/mol. The number of hydrogen-bond donors (Lipinski definition) is 2. The molecule has 1 aliphatic heterocycles. The lowest BCUT2D eigenvalue weighted by molar-refractivity contribution is 0.0118. The van der Waals surface area contributed by atoms with Crippen LogP contribution in [-0.4, -0.2) is 41.3 Å². The summed E-state index contributed by atoms with van der Waals surface area (Å²) in [4.78, 5) is 18.9. The first kappa shape index (κ1) is 20.4. The molecule has 0 bridgehead atoms. The number of nitrogens with one attached hydrogen (secondary N) is 1. The minimum atomic E-state index is -3.09. The molecule has 3 rings (SSSR count). The Morgan fingerprint density at radius 1 is 1.29 bits per heavy atom. The average Bonchev–Trinajstić information content (AvgIpc) is 2.72. The van der Waals surface area contributed by atoms with Crippen molar-refractivity contribution in [2.75, 3.05) is 19.6 Å². The van der Waals surface area contributed by atoms with E-state index in [9.17, 15) is 13.6 Å². The summed E-state index contributed by atoms with van der Waals surface area (Å²) in [5.41, 5.74) is 10.1. The minimum absolute atomic E-state index is 0.359. The van der Waals surface area contributed by atoms with Crippen LogP contribution in [0.5, 0.6) is 0 Å². The third kappa shape index (κ3) is 5.11. The van der Waals surface area contributed by atoms with Crippen molar-refractivity contribution >= 4 is 5.91 Å². The number of aromatic nitrogens is 1. The summed E-state index contributed by atoms with van der Waals surface area (Å²) in [6, 6.07) is 9.30. The molecule has 0 spiro atoms. The highest BCUT2D eigenvalue weighted by Gasteiger charge is 2.27. The van der Waals surface area contributed by atoms with Crippen LogP contribution >= 0.6 is 0 Å². The number of nitrogens with two attached hydrogens (primary N) is 1. The second-order valence-electron chi connectivity index (χ2n) is 7.20. The smallest absolute Gasteiger partial charge is 0.277 e. The molecule has 28 heavy (non-hydrogen) atoms. The minimum Gasteiger partial charge on any atom is -0.346 e. The Balaban J connectivity index is 1.58. The number of aryl methyl sites for hydroxylation is 1. The molecule has 150 valence electrons. The lowest BCUT2D eigenvalue weighted by Gasteiger charge is -2.28. The molecule has 5 nitrogen and oxygen atoms in total. The lowest BCUT2D eigenvalue weighted by Crippen LogP contribution is -2.41. The van der Waals surface area contributed by atoms with Crippen molar-refractivity contribution in [1.29, 1.82) is 0 Å². The van der Waals surface area contributed by atoms with Crippen LogP contribution in [-0.2, 0) is 25.9 Å². The van der Waals surface area contributed by atoms with Crippen LogP contribution < -0.4 is 11.1 Å². The quantitative estimate of drug-likeness (QED) is 0.765. The van der Waals surface area contributed by atoms with Crippen molar-refractivity contribution in [3.63, 3.8) is 0 Å². The Morgan fingerprint density at radius 3 is 2.71 bits per heavy atom. The SMILES string of the molecule is CCc1cnc2c(c1)CN(Cc1ccc(C(=O)NCC(F)(F)CN)cc1)CC2. The van der Waals surface area contributed by atoms with Gasteiger partial charge in [0.15, 0.2) is 0 Å². The Labute approximate surface area is 163 Å². The number of amides is 1. The van der Waals surface area contributed by atoms with Crippen LogP contribution in [0.25, 0.3) is 0 Å². The summed E-state index contributed by atoms with van der Waals surface area (Å²) in [6.45, 7) is 3.13. The molecule has 0 atom stereocenters. The van der Waals surface area contributed by atoms with Gasteiger partial charge in [-0.25, -0.2) is 8.78 Å². The highest BCUT2D eigenvalue weighted by Crippen LogP contribution is 2.20. The van der Waals surface area contributed by atoms with Gasteiger partial charge in [-0.15, -0.1) is 0 Å². The summed E-state index contributed by atoms with van der Waals surface area (Å²) in [7, 11) is 0. The van der Waals surface area contributed by atoms with Crippen molar-refractivity contribution in [2.24, 2.45) is 5.73 Å². The van der Waals surface area contributed by atoms with Crippen molar-refractivity contribution < 1.29 is 13.6 Å². The Kier molecular flexibility index (Phi) is 6.36. The molecule has 0 fully saturated rings. The van der Waals surface area contributed by atoms with E-state index in [0.717, 1.165) is 38.0 Å². The molecule has 1 aromatic heterocycles. The normalized spacial score (nSPS) is 14.6. The zero-order valence-electron chi connectivity index (χ0n) is 16.0. The molecule has 1 amide bonds. The van der Waals surface area contributed by atoms with Crippen LogP contribution in [0.3, 0.4) is 0 Å². The summed E-state index contributed by atoms with van der Waals surface area (Å²) in [6.07, 6.45) is 3.86. The molecule has 0 unspecified atom stereocenters. The van der Waals surface area contributed by atoms with Crippen LogP contribution in [0.2, 0.25) is 0 Å².